The van der Waals surface area contributed by atoms with Crippen LogP contribution in [0.15, 0.2) is 96.2 Å². The van der Waals surface area contributed by atoms with Crippen LogP contribution in [-0.2, 0) is 24.5 Å². The Hall–Kier alpha value is -3.19. The first-order chi connectivity index (χ1) is 16.0. The number of rotatable bonds is 6. The Labute approximate surface area is 193 Å². The third-order valence-corrected chi connectivity index (χ3v) is 6.11. The van der Waals surface area contributed by atoms with Crippen molar-refractivity contribution in [3.05, 3.63) is 108 Å². The van der Waals surface area contributed by atoms with Crippen molar-refractivity contribution in [2.75, 3.05) is 6.61 Å². The Balaban J connectivity index is 1.56. The average molecular weight is 446 g/mol. The standard InChI is InChI=1S/C27H27NO5/c1-26(2)32-23-22(31-25(28-29)24(23)33-26)18-30-27(19-12-6-3-7-13-19,20-14-8-4-9-15-20)21-16-10-5-11-17-21/h3-17,22-24,29H,18H2,1-2H3/b28-25+. The van der Waals surface area contributed by atoms with Gasteiger partial charge in [0.2, 0.25) is 0 Å². The molecule has 0 spiro atoms. The number of oxime groups is 1. The summed E-state index contributed by atoms with van der Waals surface area (Å²) < 4.78 is 24.7. The van der Waals surface area contributed by atoms with Crippen LogP contribution < -0.4 is 0 Å². The van der Waals surface area contributed by atoms with Gasteiger partial charge in [-0.3, -0.25) is 0 Å². The first kappa shape index (κ1) is 21.6. The van der Waals surface area contributed by atoms with E-state index in [9.17, 15) is 5.21 Å². The molecule has 3 aromatic rings. The molecule has 3 atom stereocenters. The van der Waals surface area contributed by atoms with Crippen LogP contribution >= 0.6 is 0 Å². The van der Waals surface area contributed by atoms with Crippen molar-refractivity contribution in [1.82, 2.24) is 0 Å². The minimum Gasteiger partial charge on any atom is -0.468 e. The topological polar surface area (TPSA) is 69.5 Å². The first-order valence-electron chi connectivity index (χ1n) is 11.1. The van der Waals surface area contributed by atoms with Crippen LogP contribution in [-0.4, -0.2) is 41.8 Å². The highest BCUT2D eigenvalue weighted by atomic mass is 16.8. The summed E-state index contributed by atoms with van der Waals surface area (Å²) in [7, 11) is 0. The highest BCUT2D eigenvalue weighted by Gasteiger charge is 2.55. The fourth-order valence-electron chi connectivity index (χ4n) is 4.73. The molecule has 3 unspecified atom stereocenters. The normalized spacial score (nSPS) is 25.0. The summed E-state index contributed by atoms with van der Waals surface area (Å²) in [6, 6.07) is 30.4. The molecule has 5 rings (SSSR count). The molecule has 3 aromatic carbocycles. The molecule has 2 fully saturated rings. The van der Waals surface area contributed by atoms with Gasteiger partial charge >= 0.3 is 0 Å². The van der Waals surface area contributed by atoms with Crippen LogP contribution in [0.4, 0.5) is 0 Å². The van der Waals surface area contributed by atoms with E-state index in [4.69, 9.17) is 18.9 Å². The lowest BCUT2D eigenvalue weighted by Gasteiger charge is -2.37. The molecule has 1 N–H and O–H groups in total. The van der Waals surface area contributed by atoms with Gasteiger partial charge in [0.25, 0.3) is 5.90 Å². The Morgan fingerprint density at radius 2 is 1.30 bits per heavy atom. The Kier molecular flexibility index (Phi) is 5.66. The summed E-state index contributed by atoms with van der Waals surface area (Å²) >= 11 is 0. The summed E-state index contributed by atoms with van der Waals surface area (Å²) in [5, 5.41) is 12.7. The molecule has 0 aromatic heterocycles. The van der Waals surface area contributed by atoms with Crippen LogP contribution in [0.1, 0.15) is 30.5 Å². The molecular formula is C27H27NO5. The van der Waals surface area contributed by atoms with E-state index in [1.54, 1.807) is 0 Å². The van der Waals surface area contributed by atoms with Crippen molar-refractivity contribution >= 4 is 5.90 Å². The summed E-state index contributed by atoms with van der Waals surface area (Å²) in [4.78, 5) is 0. The van der Waals surface area contributed by atoms with E-state index < -0.39 is 29.7 Å². The molecule has 33 heavy (non-hydrogen) atoms. The fourth-order valence-corrected chi connectivity index (χ4v) is 4.73. The second-order valence-electron chi connectivity index (χ2n) is 8.71. The van der Waals surface area contributed by atoms with Crippen molar-refractivity contribution in [2.24, 2.45) is 5.16 Å². The molecule has 2 heterocycles. The molecule has 0 saturated carbocycles. The zero-order valence-electron chi connectivity index (χ0n) is 18.6. The number of benzene rings is 3. The largest absolute Gasteiger partial charge is 0.468 e. The highest BCUT2D eigenvalue weighted by molar-refractivity contribution is 5.83. The van der Waals surface area contributed by atoms with Gasteiger partial charge in [-0.05, 0) is 30.5 Å². The van der Waals surface area contributed by atoms with Crippen LogP contribution in [0.2, 0.25) is 0 Å². The number of nitrogens with zero attached hydrogens (tertiary/aromatic N) is 1. The molecule has 2 aliphatic heterocycles. The highest BCUT2D eigenvalue weighted by Crippen LogP contribution is 2.42. The molecular weight excluding hydrogens is 418 g/mol. The Bertz CT molecular complexity index is 1000. The van der Waals surface area contributed by atoms with Gasteiger partial charge in [-0.15, -0.1) is 0 Å². The molecule has 0 bridgehead atoms. The lowest BCUT2D eigenvalue weighted by Crippen LogP contribution is -2.39. The lowest BCUT2D eigenvalue weighted by molar-refractivity contribution is -0.165. The molecule has 2 aliphatic rings. The molecule has 0 aliphatic carbocycles. The van der Waals surface area contributed by atoms with Gasteiger partial charge in [-0.25, -0.2) is 0 Å². The van der Waals surface area contributed by atoms with E-state index in [0.717, 1.165) is 16.7 Å². The molecule has 0 radical (unpaired) electrons. The average Bonchev–Trinajstić information content (AvgIpc) is 3.34. The zero-order chi connectivity index (χ0) is 22.9. The fraction of sp³-hybridized carbons (Fsp3) is 0.296. The summed E-state index contributed by atoms with van der Waals surface area (Å²) in [5.41, 5.74) is 2.11. The lowest BCUT2D eigenvalue weighted by atomic mass is 9.80. The molecule has 6 heteroatoms. The molecule has 0 amide bonds. The van der Waals surface area contributed by atoms with Gasteiger partial charge in [-0.1, -0.05) is 96.2 Å². The van der Waals surface area contributed by atoms with E-state index in [1.807, 2.05) is 68.4 Å². The maximum Gasteiger partial charge on any atom is 0.258 e. The van der Waals surface area contributed by atoms with Gasteiger partial charge in [0, 0.05) is 0 Å². The van der Waals surface area contributed by atoms with Crippen LogP contribution in [0.25, 0.3) is 0 Å². The van der Waals surface area contributed by atoms with E-state index in [-0.39, 0.29) is 12.5 Å². The van der Waals surface area contributed by atoms with Crippen molar-refractivity contribution < 1.29 is 24.2 Å². The third-order valence-electron chi connectivity index (χ3n) is 6.11. The van der Waals surface area contributed by atoms with E-state index >= 15 is 0 Å². The maximum atomic E-state index is 9.45. The van der Waals surface area contributed by atoms with Gasteiger partial charge in [-0.2, -0.15) is 0 Å². The minimum atomic E-state index is -0.878. The van der Waals surface area contributed by atoms with Crippen molar-refractivity contribution in [3.63, 3.8) is 0 Å². The van der Waals surface area contributed by atoms with E-state index in [2.05, 4.69) is 41.6 Å². The minimum absolute atomic E-state index is 0.115. The van der Waals surface area contributed by atoms with Crippen molar-refractivity contribution in [1.29, 1.82) is 0 Å². The van der Waals surface area contributed by atoms with Crippen molar-refractivity contribution in [3.8, 4) is 0 Å². The zero-order valence-corrected chi connectivity index (χ0v) is 18.6. The number of hydrogen-bond acceptors (Lipinski definition) is 6. The maximum absolute atomic E-state index is 9.45. The quantitative estimate of drug-likeness (QED) is 0.338. The van der Waals surface area contributed by atoms with Crippen LogP contribution in [0.5, 0.6) is 0 Å². The molecule has 2 saturated heterocycles. The van der Waals surface area contributed by atoms with Gasteiger partial charge in [0.1, 0.15) is 11.7 Å². The SMILES string of the molecule is CC1(C)OC2/C(=N\O)OC(COC(c3ccccc3)(c3ccccc3)c3ccccc3)C2O1. The van der Waals surface area contributed by atoms with E-state index in [0.29, 0.717) is 0 Å². The second kappa shape index (κ2) is 8.63. The van der Waals surface area contributed by atoms with Gasteiger partial charge < -0.3 is 24.2 Å². The number of fused-ring (bicyclic) bond motifs is 1. The summed E-state index contributed by atoms with van der Waals surface area (Å²) in [5.74, 6) is -0.688. The summed E-state index contributed by atoms with van der Waals surface area (Å²) in [6.07, 6.45) is -1.51. The second-order valence-corrected chi connectivity index (χ2v) is 8.71. The summed E-state index contributed by atoms with van der Waals surface area (Å²) in [6.45, 7) is 3.86. The molecule has 6 nitrogen and oxygen atoms in total. The van der Waals surface area contributed by atoms with Crippen molar-refractivity contribution in [2.45, 2.75) is 43.5 Å². The number of hydrogen-bond donors (Lipinski definition) is 1. The van der Waals surface area contributed by atoms with Crippen LogP contribution in [0, 0.1) is 0 Å². The Morgan fingerprint density at radius 3 is 1.76 bits per heavy atom. The molecule has 170 valence electrons. The third kappa shape index (κ3) is 3.91. The van der Waals surface area contributed by atoms with Gasteiger partial charge in [0.15, 0.2) is 18.0 Å². The van der Waals surface area contributed by atoms with Gasteiger partial charge in [0.05, 0.1) is 6.61 Å². The van der Waals surface area contributed by atoms with E-state index in [1.165, 1.54) is 0 Å². The monoisotopic (exact) mass is 445 g/mol. The number of ether oxygens (including phenoxy) is 4. The Morgan fingerprint density at radius 1 is 0.818 bits per heavy atom. The first-order valence-corrected chi connectivity index (χ1v) is 11.1. The smallest absolute Gasteiger partial charge is 0.258 e. The predicted molar refractivity (Wildman–Crippen MR) is 123 cm³/mol. The van der Waals surface area contributed by atoms with Crippen LogP contribution in [0.3, 0.4) is 0 Å². The predicted octanol–water partition coefficient (Wildman–Crippen LogP) is 4.70.